The standard InChI is InChI=1S/C25H22N4O3/c30-22(27-25(32)26-17-18-9-3-1-4-10-18)15-16-29-24(31)21-14-8-7-13-20(21)23(28-29)19-11-5-2-6-12-19/h1-14H,15-17H2,(H2,26,27,30,32). The molecule has 0 aliphatic heterocycles. The van der Waals surface area contributed by atoms with Gasteiger partial charge in [-0.05, 0) is 11.6 Å². The smallest absolute Gasteiger partial charge is 0.321 e. The average Bonchev–Trinajstić information content (AvgIpc) is 2.84. The third kappa shape index (κ3) is 4.89. The van der Waals surface area contributed by atoms with Crippen molar-refractivity contribution in [2.75, 3.05) is 0 Å². The van der Waals surface area contributed by atoms with Crippen LogP contribution in [0.5, 0.6) is 0 Å². The summed E-state index contributed by atoms with van der Waals surface area (Å²) < 4.78 is 1.28. The maximum atomic E-state index is 12.9. The molecule has 0 radical (unpaired) electrons. The first-order chi connectivity index (χ1) is 15.6. The number of nitrogens with zero attached hydrogens (tertiary/aromatic N) is 2. The Bertz CT molecular complexity index is 1300. The molecule has 1 heterocycles. The van der Waals surface area contributed by atoms with E-state index in [1.807, 2.05) is 72.8 Å². The van der Waals surface area contributed by atoms with Crippen LogP contribution in [0.4, 0.5) is 4.79 Å². The van der Waals surface area contributed by atoms with Gasteiger partial charge in [0.2, 0.25) is 5.91 Å². The molecule has 7 heteroatoms. The highest BCUT2D eigenvalue weighted by atomic mass is 16.2. The highest BCUT2D eigenvalue weighted by molar-refractivity contribution is 5.95. The lowest BCUT2D eigenvalue weighted by Crippen LogP contribution is -2.39. The van der Waals surface area contributed by atoms with E-state index in [1.54, 1.807) is 12.1 Å². The van der Waals surface area contributed by atoms with E-state index in [9.17, 15) is 14.4 Å². The molecule has 0 unspecified atom stereocenters. The summed E-state index contributed by atoms with van der Waals surface area (Å²) in [4.78, 5) is 37.1. The van der Waals surface area contributed by atoms with Crippen LogP contribution < -0.4 is 16.2 Å². The molecule has 4 aromatic rings. The predicted molar refractivity (Wildman–Crippen MR) is 123 cm³/mol. The number of urea groups is 1. The topological polar surface area (TPSA) is 93.1 Å². The largest absolute Gasteiger partial charge is 0.334 e. The van der Waals surface area contributed by atoms with Crippen LogP contribution in [-0.4, -0.2) is 21.7 Å². The van der Waals surface area contributed by atoms with E-state index in [0.29, 0.717) is 17.6 Å². The number of aryl methyl sites for hydroxylation is 1. The Labute approximate surface area is 184 Å². The third-order valence-corrected chi connectivity index (χ3v) is 5.01. The van der Waals surface area contributed by atoms with Crippen LogP contribution in [0.1, 0.15) is 12.0 Å². The van der Waals surface area contributed by atoms with Crippen LogP contribution in [0.25, 0.3) is 22.0 Å². The van der Waals surface area contributed by atoms with Gasteiger partial charge in [0.25, 0.3) is 5.56 Å². The normalized spacial score (nSPS) is 10.6. The summed E-state index contributed by atoms with van der Waals surface area (Å²) in [7, 11) is 0. The number of fused-ring (bicyclic) bond motifs is 1. The fourth-order valence-corrected chi connectivity index (χ4v) is 3.41. The summed E-state index contributed by atoms with van der Waals surface area (Å²) in [6.07, 6.45) is -0.0573. The van der Waals surface area contributed by atoms with Gasteiger partial charge in [-0.1, -0.05) is 78.9 Å². The van der Waals surface area contributed by atoms with E-state index in [4.69, 9.17) is 0 Å². The molecule has 32 heavy (non-hydrogen) atoms. The number of hydrogen-bond acceptors (Lipinski definition) is 4. The summed E-state index contributed by atoms with van der Waals surface area (Å²) in [5, 5.41) is 10.7. The second-order valence-corrected chi connectivity index (χ2v) is 7.25. The average molecular weight is 426 g/mol. The van der Waals surface area contributed by atoms with E-state index in [-0.39, 0.29) is 18.5 Å². The Hall–Kier alpha value is -4.26. The maximum absolute atomic E-state index is 12.9. The number of hydrogen-bond donors (Lipinski definition) is 2. The molecule has 0 aliphatic carbocycles. The molecular formula is C25H22N4O3. The van der Waals surface area contributed by atoms with Crippen molar-refractivity contribution in [3.05, 3.63) is 101 Å². The monoisotopic (exact) mass is 426 g/mol. The van der Waals surface area contributed by atoms with Gasteiger partial charge in [-0.2, -0.15) is 5.10 Å². The molecule has 0 saturated carbocycles. The molecule has 0 fully saturated rings. The van der Waals surface area contributed by atoms with Crippen molar-refractivity contribution in [1.82, 2.24) is 20.4 Å². The molecule has 0 saturated heterocycles. The fourth-order valence-electron chi connectivity index (χ4n) is 3.41. The van der Waals surface area contributed by atoms with Crippen LogP contribution in [-0.2, 0) is 17.9 Å². The molecule has 0 spiro atoms. The second kappa shape index (κ2) is 9.70. The van der Waals surface area contributed by atoms with Gasteiger partial charge in [0.05, 0.1) is 17.6 Å². The Morgan fingerprint density at radius 1 is 0.812 bits per heavy atom. The lowest BCUT2D eigenvalue weighted by Gasteiger charge is -2.11. The Morgan fingerprint density at radius 3 is 2.16 bits per heavy atom. The van der Waals surface area contributed by atoms with Crippen LogP contribution in [0, 0.1) is 0 Å². The number of nitrogens with one attached hydrogen (secondary N) is 2. The van der Waals surface area contributed by atoms with Gasteiger partial charge in [-0.25, -0.2) is 9.48 Å². The number of rotatable bonds is 6. The Morgan fingerprint density at radius 2 is 1.44 bits per heavy atom. The number of carbonyl (C=O) groups is 2. The van der Waals surface area contributed by atoms with Crippen molar-refractivity contribution in [3.63, 3.8) is 0 Å². The third-order valence-electron chi connectivity index (χ3n) is 5.01. The van der Waals surface area contributed by atoms with Crippen LogP contribution in [0.3, 0.4) is 0 Å². The number of aromatic nitrogens is 2. The van der Waals surface area contributed by atoms with E-state index in [0.717, 1.165) is 16.5 Å². The highest BCUT2D eigenvalue weighted by Crippen LogP contribution is 2.24. The van der Waals surface area contributed by atoms with Crippen LogP contribution in [0.15, 0.2) is 89.7 Å². The van der Waals surface area contributed by atoms with Gasteiger partial charge < -0.3 is 5.32 Å². The SMILES string of the molecule is O=C(CCn1nc(-c2ccccc2)c2ccccc2c1=O)NC(=O)NCc1ccccc1. The van der Waals surface area contributed by atoms with Crippen molar-refractivity contribution in [3.8, 4) is 11.3 Å². The zero-order chi connectivity index (χ0) is 22.3. The summed E-state index contributed by atoms with van der Waals surface area (Å²) in [5.74, 6) is -0.487. The quantitative estimate of drug-likeness (QED) is 0.494. The minimum atomic E-state index is -0.581. The molecule has 7 nitrogen and oxygen atoms in total. The van der Waals surface area contributed by atoms with Gasteiger partial charge in [0.1, 0.15) is 0 Å². The molecule has 0 aliphatic rings. The molecule has 2 N–H and O–H groups in total. The van der Waals surface area contributed by atoms with Gasteiger partial charge in [0.15, 0.2) is 0 Å². The zero-order valence-electron chi connectivity index (χ0n) is 17.3. The van der Waals surface area contributed by atoms with Crippen molar-refractivity contribution < 1.29 is 9.59 Å². The number of benzene rings is 3. The second-order valence-electron chi connectivity index (χ2n) is 7.25. The first kappa shape index (κ1) is 21.0. The van der Waals surface area contributed by atoms with Gasteiger partial charge in [0, 0.05) is 23.9 Å². The summed E-state index contributed by atoms with van der Waals surface area (Å²) >= 11 is 0. The minimum Gasteiger partial charge on any atom is -0.334 e. The van der Waals surface area contributed by atoms with Crippen molar-refractivity contribution in [2.24, 2.45) is 0 Å². The summed E-state index contributed by atoms with van der Waals surface area (Å²) in [6, 6.07) is 25.7. The van der Waals surface area contributed by atoms with Crippen LogP contribution in [0.2, 0.25) is 0 Å². The van der Waals surface area contributed by atoms with Gasteiger partial charge >= 0.3 is 6.03 Å². The fraction of sp³-hybridized carbons (Fsp3) is 0.120. The summed E-state index contributed by atoms with van der Waals surface area (Å²) in [5.41, 5.74) is 2.20. The van der Waals surface area contributed by atoms with E-state index in [2.05, 4.69) is 15.7 Å². The van der Waals surface area contributed by atoms with Crippen LogP contribution >= 0.6 is 0 Å². The molecule has 1 aromatic heterocycles. The molecule has 160 valence electrons. The minimum absolute atomic E-state index is 0.0568. The molecule has 3 aromatic carbocycles. The number of imide groups is 1. The Kier molecular flexibility index (Phi) is 6.36. The molecular weight excluding hydrogens is 404 g/mol. The number of amides is 3. The first-order valence-electron chi connectivity index (χ1n) is 10.3. The zero-order valence-corrected chi connectivity index (χ0v) is 17.3. The van der Waals surface area contributed by atoms with Crippen molar-refractivity contribution in [1.29, 1.82) is 0 Å². The summed E-state index contributed by atoms with van der Waals surface area (Å²) in [6.45, 7) is 0.368. The maximum Gasteiger partial charge on any atom is 0.321 e. The Balaban J connectivity index is 1.46. The predicted octanol–water partition coefficient (Wildman–Crippen LogP) is 3.48. The molecule has 0 bridgehead atoms. The lowest BCUT2D eigenvalue weighted by molar-refractivity contribution is -0.120. The van der Waals surface area contributed by atoms with Gasteiger partial charge in [-0.3, -0.25) is 14.9 Å². The highest BCUT2D eigenvalue weighted by Gasteiger charge is 2.14. The van der Waals surface area contributed by atoms with E-state index in [1.165, 1.54) is 4.68 Å². The van der Waals surface area contributed by atoms with Crippen molar-refractivity contribution in [2.45, 2.75) is 19.5 Å². The van der Waals surface area contributed by atoms with E-state index >= 15 is 0 Å². The van der Waals surface area contributed by atoms with Crippen molar-refractivity contribution >= 4 is 22.7 Å². The first-order valence-corrected chi connectivity index (χ1v) is 10.3. The van der Waals surface area contributed by atoms with Gasteiger partial charge in [-0.15, -0.1) is 0 Å². The molecule has 0 atom stereocenters. The van der Waals surface area contributed by atoms with E-state index < -0.39 is 11.9 Å². The lowest BCUT2D eigenvalue weighted by atomic mass is 10.1. The molecule has 3 amide bonds. The number of carbonyl (C=O) groups excluding carboxylic acids is 2. The molecule has 4 rings (SSSR count).